The largest absolute Gasteiger partial charge is 0.491 e. The minimum absolute atomic E-state index is 0.135. The maximum absolute atomic E-state index is 13.9. The Morgan fingerprint density at radius 1 is 1.43 bits per heavy atom. The van der Waals surface area contributed by atoms with Gasteiger partial charge in [-0.25, -0.2) is 14.2 Å². The average molecular weight is 451 g/mol. The molecule has 146 valence electrons. The van der Waals surface area contributed by atoms with Gasteiger partial charge < -0.3 is 19.5 Å². The molecule has 8 nitrogen and oxygen atoms in total. The molecule has 1 unspecified atom stereocenters. The fraction of sp³-hybridized carbons (Fsp3) is 0.278. The van der Waals surface area contributed by atoms with Crippen LogP contribution in [0.4, 0.5) is 4.39 Å². The summed E-state index contributed by atoms with van der Waals surface area (Å²) < 4.78 is 22.9. The zero-order valence-corrected chi connectivity index (χ0v) is 16.6. The van der Waals surface area contributed by atoms with Gasteiger partial charge in [-0.1, -0.05) is 0 Å². The van der Waals surface area contributed by atoms with Gasteiger partial charge in [0.25, 0.3) is 0 Å². The summed E-state index contributed by atoms with van der Waals surface area (Å²) in [6.45, 7) is 2.15. The van der Waals surface area contributed by atoms with E-state index in [1.807, 2.05) is 0 Å². The molecule has 28 heavy (non-hydrogen) atoms. The van der Waals surface area contributed by atoms with Crippen molar-refractivity contribution in [2.75, 3.05) is 6.61 Å². The lowest BCUT2D eigenvalue weighted by atomic mass is 10.1. The number of nitrogens with zero attached hydrogens (tertiary/aromatic N) is 4. The van der Waals surface area contributed by atoms with E-state index in [0.717, 1.165) is 0 Å². The first-order valence-electron chi connectivity index (χ1n) is 8.42. The molecule has 10 heteroatoms. The molecular formula is C18H16BrFN4O4. The van der Waals surface area contributed by atoms with E-state index in [4.69, 9.17) is 4.74 Å². The average Bonchev–Trinajstić information content (AvgIpc) is 3.12. The second-order valence-corrected chi connectivity index (χ2v) is 7.34. The van der Waals surface area contributed by atoms with Gasteiger partial charge in [-0.2, -0.15) is 5.10 Å². The smallest absolute Gasteiger partial charge is 0.356 e. The number of aliphatic hydroxyl groups is 1. The first-order valence-corrected chi connectivity index (χ1v) is 9.21. The predicted octanol–water partition coefficient (Wildman–Crippen LogP) is 2.67. The number of aromatic nitrogens is 4. The number of carbonyl (C=O) groups is 1. The molecule has 0 spiro atoms. The molecule has 1 aliphatic heterocycles. The van der Waals surface area contributed by atoms with Crippen molar-refractivity contribution < 1.29 is 24.1 Å². The topological polar surface area (TPSA) is 102 Å². The highest BCUT2D eigenvalue weighted by atomic mass is 79.9. The van der Waals surface area contributed by atoms with Crippen LogP contribution in [-0.4, -0.2) is 42.1 Å². The second-order valence-electron chi connectivity index (χ2n) is 6.48. The Morgan fingerprint density at radius 3 is 2.82 bits per heavy atom. The van der Waals surface area contributed by atoms with Crippen LogP contribution in [0.2, 0.25) is 0 Å². The lowest BCUT2D eigenvalue weighted by Crippen LogP contribution is -2.16. The number of aromatic carboxylic acids is 1. The number of benzene rings is 1. The number of aryl methyl sites for hydroxylation is 2. The standard InChI is InChI=1S/C18H16BrFN4O4/c1-8-10(7-23(2)22-8)16(25)15-14(18(26)27)21-17-9-5-11(19)12(20)6-13(9)28-4-3-24(15)17/h5-7,16,25H,3-4H2,1-2H3,(H,26,27). The Balaban J connectivity index is 1.96. The Morgan fingerprint density at radius 2 is 2.18 bits per heavy atom. The van der Waals surface area contributed by atoms with E-state index in [-0.39, 0.29) is 34.8 Å². The van der Waals surface area contributed by atoms with Gasteiger partial charge in [0.15, 0.2) is 5.69 Å². The highest BCUT2D eigenvalue weighted by molar-refractivity contribution is 9.10. The van der Waals surface area contributed by atoms with Gasteiger partial charge in [-0.3, -0.25) is 4.68 Å². The number of aliphatic hydroxyl groups excluding tert-OH is 1. The maximum atomic E-state index is 13.9. The Hall–Kier alpha value is -2.72. The molecule has 1 atom stereocenters. The van der Waals surface area contributed by atoms with Crippen LogP contribution < -0.4 is 4.74 Å². The van der Waals surface area contributed by atoms with Crippen molar-refractivity contribution in [3.8, 4) is 17.1 Å². The van der Waals surface area contributed by atoms with Crippen LogP contribution in [0.3, 0.4) is 0 Å². The van der Waals surface area contributed by atoms with Gasteiger partial charge in [-0.05, 0) is 28.9 Å². The molecule has 4 rings (SSSR count). The molecule has 1 aliphatic rings. The van der Waals surface area contributed by atoms with E-state index in [2.05, 4.69) is 26.0 Å². The van der Waals surface area contributed by atoms with E-state index < -0.39 is 17.9 Å². The number of halogens is 2. The first kappa shape index (κ1) is 18.6. The maximum Gasteiger partial charge on any atom is 0.356 e. The number of hydrogen-bond acceptors (Lipinski definition) is 5. The summed E-state index contributed by atoms with van der Waals surface area (Å²) in [5.74, 6) is -1.20. The number of fused-ring (bicyclic) bond motifs is 3. The van der Waals surface area contributed by atoms with Crippen LogP contribution in [0.5, 0.6) is 5.75 Å². The summed E-state index contributed by atoms with van der Waals surface area (Å²) in [4.78, 5) is 16.1. The van der Waals surface area contributed by atoms with Gasteiger partial charge in [-0.15, -0.1) is 0 Å². The highest BCUT2D eigenvalue weighted by Gasteiger charge is 2.32. The van der Waals surface area contributed by atoms with Crippen molar-refractivity contribution in [1.82, 2.24) is 19.3 Å². The third-order valence-electron chi connectivity index (χ3n) is 4.65. The number of carboxylic acid groups (broad SMARTS) is 1. The molecule has 0 bridgehead atoms. The summed E-state index contributed by atoms with van der Waals surface area (Å²) in [7, 11) is 1.72. The zero-order valence-electron chi connectivity index (χ0n) is 15.0. The fourth-order valence-corrected chi connectivity index (χ4v) is 3.78. The third kappa shape index (κ3) is 2.89. The monoisotopic (exact) mass is 450 g/mol. The van der Waals surface area contributed by atoms with Crippen LogP contribution in [0.1, 0.15) is 33.5 Å². The number of carboxylic acids is 1. The second kappa shape index (κ2) is 6.71. The summed E-state index contributed by atoms with van der Waals surface area (Å²) in [5.41, 5.74) is 1.37. The van der Waals surface area contributed by atoms with E-state index in [1.54, 1.807) is 29.4 Å². The summed E-state index contributed by atoms with van der Waals surface area (Å²) in [6, 6.07) is 2.72. The van der Waals surface area contributed by atoms with Crippen LogP contribution in [-0.2, 0) is 13.6 Å². The molecule has 0 saturated carbocycles. The van der Waals surface area contributed by atoms with Crippen LogP contribution in [0.25, 0.3) is 11.4 Å². The summed E-state index contributed by atoms with van der Waals surface area (Å²) in [5, 5.41) is 24.9. The third-order valence-corrected chi connectivity index (χ3v) is 5.26. The van der Waals surface area contributed by atoms with Gasteiger partial charge >= 0.3 is 5.97 Å². The van der Waals surface area contributed by atoms with Crippen molar-refractivity contribution in [2.24, 2.45) is 7.05 Å². The molecule has 1 aromatic carbocycles. The van der Waals surface area contributed by atoms with Crippen LogP contribution >= 0.6 is 15.9 Å². The summed E-state index contributed by atoms with van der Waals surface area (Å²) in [6.07, 6.45) is 0.394. The van der Waals surface area contributed by atoms with Gasteiger partial charge in [0.1, 0.15) is 30.1 Å². The molecule has 2 N–H and O–H groups in total. The molecular weight excluding hydrogens is 435 g/mol. The van der Waals surface area contributed by atoms with Gasteiger partial charge in [0, 0.05) is 24.9 Å². The molecule has 0 saturated heterocycles. The van der Waals surface area contributed by atoms with Crippen molar-refractivity contribution >= 4 is 21.9 Å². The quantitative estimate of drug-likeness (QED) is 0.635. The molecule has 0 radical (unpaired) electrons. The van der Waals surface area contributed by atoms with E-state index in [1.165, 1.54) is 12.1 Å². The zero-order chi connectivity index (χ0) is 20.2. The van der Waals surface area contributed by atoms with Gasteiger partial charge in [0.2, 0.25) is 0 Å². The van der Waals surface area contributed by atoms with E-state index >= 15 is 0 Å². The Bertz CT molecular complexity index is 1110. The lowest BCUT2D eigenvalue weighted by Gasteiger charge is -2.14. The summed E-state index contributed by atoms with van der Waals surface area (Å²) >= 11 is 3.14. The van der Waals surface area contributed by atoms with Gasteiger partial charge in [0.05, 0.1) is 28.0 Å². The van der Waals surface area contributed by atoms with Crippen LogP contribution in [0.15, 0.2) is 22.8 Å². The molecule has 0 aliphatic carbocycles. The number of hydrogen-bond donors (Lipinski definition) is 2. The van der Waals surface area contributed by atoms with E-state index in [0.29, 0.717) is 22.6 Å². The molecule has 0 amide bonds. The molecule has 3 heterocycles. The minimum atomic E-state index is -1.26. The van der Waals surface area contributed by atoms with Crippen molar-refractivity contribution in [2.45, 2.75) is 19.6 Å². The molecule has 0 fully saturated rings. The fourth-order valence-electron chi connectivity index (χ4n) is 3.44. The Kier molecular flexibility index (Phi) is 4.47. The van der Waals surface area contributed by atoms with Crippen LogP contribution in [0, 0.1) is 12.7 Å². The number of rotatable bonds is 3. The number of ether oxygens (including phenoxy) is 1. The lowest BCUT2D eigenvalue weighted by molar-refractivity contribution is 0.0684. The van der Waals surface area contributed by atoms with E-state index in [9.17, 15) is 19.4 Å². The molecule has 2 aromatic heterocycles. The normalized spacial score (nSPS) is 14.0. The SMILES string of the molecule is Cc1nn(C)cc1C(O)c1c(C(=O)O)nc2n1CCOc1cc(F)c(Br)cc1-2. The molecule has 3 aromatic rings. The first-order chi connectivity index (χ1) is 13.3. The van der Waals surface area contributed by atoms with Crippen molar-refractivity contribution in [3.05, 3.63) is 51.3 Å². The number of imidazole rings is 1. The van der Waals surface area contributed by atoms with Crippen molar-refractivity contribution in [1.29, 1.82) is 0 Å². The minimum Gasteiger partial charge on any atom is -0.491 e. The Labute approximate surface area is 167 Å². The highest BCUT2D eigenvalue weighted by Crippen LogP contribution is 2.39. The predicted molar refractivity (Wildman–Crippen MR) is 99.8 cm³/mol. The van der Waals surface area contributed by atoms with Crippen molar-refractivity contribution in [3.63, 3.8) is 0 Å².